The Labute approximate surface area is 91.7 Å². The van der Waals surface area contributed by atoms with Gasteiger partial charge in [0.05, 0.1) is 9.21 Å². The number of thiophene rings is 1. The van der Waals surface area contributed by atoms with Crippen molar-refractivity contribution in [2.24, 2.45) is 0 Å². The van der Waals surface area contributed by atoms with E-state index in [1.165, 1.54) is 11.3 Å². The Morgan fingerprint density at radius 2 is 2.29 bits per heavy atom. The fourth-order valence-corrected chi connectivity index (χ4v) is 1.92. The molecule has 0 atom stereocenters. The highest BCUT2D eigenvalue weighted by atomic mass is 35.5. The first kappa shape index (κ1) is 11.5. The molecule has 0 bridgehead atoms. The molecule has 0 aliphatic rings. The molecule has 1 rings (SSSR count). The fraction of sp³-hybridized carbons (Fsp3) is 0.444. The molecule has 1 heterocycles. The summed E-state index contributed by atoms with van der Waals surface area (Å²) in [6.45, 7) is 0.760. The van der Waals surface area contributed by atoms with Crippen LogP contribution in [0.5, 0.6) is 0 Å². The number of amides is 1. The summed E-state index contributed by atoms with van der Waals surface area (Å²) in [5.41, 5.74) is 0. The molecule has 0 radical (unpaired) electrons. The van der Waals surface area contributed by atoms with Crippen LogP contribution in [0, 0.1) is 0 Å². The van der Waals surface area contributed by atoms with Gasteiger partial charge in [0.2, 0.25) is 0 Å². The molecule has 0 aromatic carbocycles. The number of hydrogen-bond acceptors (Lipinski definition) is 3. The van der Waals surface area contributed by atoms with Gasteiger partial charge in [-0.3, -0.25) is 4.79 Å². The number of aliphatic hydroxyl groups excluding tert-OH is 1. The standard InChI is InChI=1S/C9H12ClNO2S/c10-8-4-3-7(14-8)9(13)11-5-1-2-6-12/h3-4,12H,1-2,5-6H2,(H,11,13). The minimum atomic E-state index is -0.0974. The maximum atomic E-state index is 11.4. The number of unbranched alkanes of at least 4 members (excludes halogenated alkanes) is 1. The molecule has 0 spiro atoms. The van der Waals surface area contributed by atoms with Crippen molar-refractivity contribution in [3.63, 3.8) is 0 Å². The Kier molecular flexibility index (Phi) is 4.93. The molecule has 2 N–H and O–H groups in total. The summed E-state index contributed by atoms with van der Waals surface area (Å²) in [6, 6.07) is 3.41. The molecule has 1 aromatic heterocycles. The highest BCUT2D eigenvalue weighted by Crippen LogP contribution is 2.20. The van der Waals surface area contributed by atoms with Crippen LogP contribution in [0.4, 0.5) is 0 Å². The molecule has 0 unspecified atom stereocenters. The smallest absolute Gasteiger partial charge is 0.261 e. The third-order valence-electron chi connectivity index (χ3n) is 1.67. The van der Waals surface area contributed by atoms with E-state index in [2.05, 4.69) is 5.32 Å². The number of carbonyl (C=O) groups is 1. The fourth-order valence-electron chi connectivity index (χ4n) is 0.962. The Balaban J connectivity index is 2.29. The summed E-state index contributed by atoms with van der Waals surface area (Å²) in [7, 11) is 0. The normalized spacial score (nSPS) is 10.1. The van der Waals surface area contributed by atoms with Crippen LogP contribution in [0.2, 0.25) is 4.34 Å². The number of halogens is 1. The van der Waals surface area contributed by atoms with E-state index in [0.717, 1.165) is 6.42 Å². The summed E-state index contributed by atoms with van der Waals surface area (Å²) in [4.78, 5) is 12.0. The summed E-state index contributed by atoms with van der Waals surface area (Å²) >= 11 is 6.96. The number of hydrogen-bond donors (Lipinski definition) is 2. The van der Waals surface area contributed by atoms with Crippen LogP contribution in [0.15, 0.2) is 12.1 Å². The van der Waals surface area contributed by atoms with Gasteiger partial charge in [-0.2, -0.15) is 0 Å². The average Bonchev–Trinajstić information content (AvgIpc) is 2.59. The Hall–Kier alpha value is -0.580. The van der Waals surface area contributed by atoms with Crippen molar-refractivity contribution in [3.05, 3.63) is 21.3 Å². The predicted octanol–water partition coefficient (Wildman–Crippen LogP) is 1.90. The Morgan fingerprint density at radius 1 is 1.50 bits per heavy atom. The first-order valence-electron chi connectivity index (χ1n) is 4.38. The Bertz CT molecular complexity index is 301. The van der Waals surface area contributed by atoms with E-state index in [1.807, 2.05) is 0 Å². The first-order chi connectivity index (χ1) is 6.74. The summed E-state index contributed by atoms with van der Waals surface area (Å²) in [6.07, 6.45) is 1.51. The Morgan fingerprint density at radius 3 is 2.86 bits per heavy atom. The zero-order chi connectivity index (χ0) is 10.4. The molecule has 78 valence electrons. The van der Waals surface area contributed by atoms with Gasteiger partial charge in [-0.25, -0.2) is 0 Å². The molecule has 3 nitrogen and oxygen atoms in total. The molecule has 5 heteroatoms. The summed E-state index contributed by atoms with van der Waals surface area (Å²) in [5, 5.41) is 11.3. The van der Waals surface area contributed by atoms with Crippen molar-refractivity contribution in [1.82, 2.24) is 5.32 Å². The van der Waals surface area contributed by atoms with E-state index in [0.29, 0.717) is 22.2 Å². The lowest BCUT2D eigenvalue weighted by Gasteiger charge is -2.01. The van der Waals surface area contributed by atoms with Crippen molar-refractivity contribution in [2.75, 3.05) is 13.2 Å². The van der Waals surface area contributed by atoms with Crippen LogP contribution in [0.1, 0.15) is 22.5 Å². The van der Waals surface area contributed by atoms with E-state index in [-0.39, 0.29) is 12.5 Å². The van der Waals surface area contributed by atoms with Gasteiger partial charge in [-0.1, -0.05) is 11.6 Å². The van der Waals surface area contributed by atoms with E-state index in [9.17, 15) is 4.79 Å². The first-order valence-corrected chi connectivity index (χ1v) is 5.58. The number of rotatable bonds is 5. The zero-order valence-electron chi connectivity index (χ0n) is 7.62. The molecule has 1 amide bonds. The van der Waals surface area contributed by atoms with Crippen molar-refractivity contribution < 1.29 is 9.90 Å². The van der Waals surface area contributed by atoms with Gasteiger partial charge in [0.1, 0.15) is 0 Å². The monoisotopic (exact) mass is 233 g/mol. The molecule has 1 aromatic rings. The minimum absolute atomic E-state index is 0.0974. The number of nitrogens with one attached hydrogen (secondary N) is 1. The van der Waals surface area contributed by atoms with E-state index in [1.54, 1.807) is 12.1 Å². The topological polar surface area (TPSA) is 49.3 Å². The lowest BCUT2D eigenvalue weighted by Crippen LogP contribution is -2.23. The van der Waals surface area contributed by atoms with Crippen molar-refractivity contribution in [3.8, 4) is 0 Å². The van der Waals surface area contributed by atoms with Crippen LogP contribution in [-0.4, -0.2) is 24.2 Å². The quantitative estimate of drug-likeness (QED) is 0.764. The summed E-state index contributed by atoms with van der Waals surface area (Å²) in [5.74, 6) is -0.0974. The van der Waals surface area contributed by atoms with E-state index >= 15 is 0 Å². The second-order valence-electron chi connectivity index (χ2n) is 2.79. The van der Waals surface area contributed by atoms with Crippen LogP contribution >= 0.6 is 22.9 Å². The molecular formula is C9H12ClNO2S. The average molecular weight is 234 g/mol. The summed E-state index contributed by atoms with van der Waals surface area (Å²) < 4.78 is 0.616. The van der Waals surface area contributed by atoms with Crippen molar-refractivity contribution in [1.29, 1.82) is 0 Å². The molecule has 0 fully saturated rings. The lowest BCUT2D eigenvalue weighted by molar-refractivity contribution is 0.0956. The third-order valence-corrected chi connectivity index (χ3v) is 2.90. The second-order valence-corrected chi connectivity index (χ2v) is 4.51. The zero-order valence-corrected chi connectivity index (χ0v) is 9.20. The predicted molar refractivity (Wildman–Crippen MR) is 58.0 cm³/mol. The lowest BCUT2D eigenvalue weighted by atomic mass is 10.3. The molecule has 0 saturated carbocycles. The van der Waals surface area contributed by atoms with Crippen molar-refractivity contribution in [2.45, 2.75) is 12.8 Å². The van der Waals surface area contributed by atoms with Gasteiger partial charge in [0.15, 0.2) is 0 Å². The molecule has 0 saturated heterocycles. The van der Waals surface area contributed by atoms with E-state index < -0.39 is 0 Å². The third kappa shape index (κ3) is 3.65. The molecular weight excluding hydrogens is 222 g/mol. The van der Waals surface area contributed by atoms with Gasteiger partial charge in [0, 0.05) is 13.2 Å². The van der Waals surface area contributed by atoms with Crippen LogP contribution in [0.25, 0.3) is 0 Å². The number of carbonyl (C=O) groups excluding carboxylic acids is 1. The molecule has 0 aliphatic heterocycles. The maximum Gasteiger partial charge on any atom is 0.261 e. The SMILES string of the molecule is O=C(NCCCCO)c1ccc(Cl)s1. The van der Waals surface area contributed by atoms with Crippen LogP contribution in [-0.2, 0) is 0 Å². The van der Waals surface area contributed by atoms with Gasteiger partial charge in [-0.05, 0) is 25.0 Å². The highest BCUT2D eigenvalue weighted by molar-refractivity contribution is 7.17. The van der Waals surface area contributed by atoms with Gasteiger partial charge in [-0.15, -0.1) is 11.3 Å². The van der Waals surface area contributed by atoms with Crippen LogP contribution in [0.3, 0.4) is 0 Å². The van der Waals surface area contributed by atoms with Gasteiger partial charge >= 0.3 is 0 Å². The molecule has 0 aliphatic carbocycles. The van der Waals surface area contributed by atoms with Gasteiger partial charge in [0.25, 0.3) is 5.91 Å². The second kappa shape index (κ2) is 6.01. The van der Waals surface area contributed by atoms with Gasteiger partial charge < -0.3 is 10.4 Å². The number of aliphatic hydroxyl groups is 1. The molecule has 14 heavy (non-hydrogen) atoms. The maximum absolute atomic E-state index is 11.4. The van der Waals surface area contributed by atoms with Crippen molar-refractivity contribution >= 4 is 28.8 Å². The minimum Gasteiger partial charge on any atom is -0.396 e. The van der Waals surface area contributed by atoms with E-state index in [4.69, 9.17) is 16.7 Å². The highest BCUT2D eigenvalue weighted by Gasteiger charge is 2.06. The van der Waals surface area contributed by atoms with Crippen LogP contribution < -0.4 is 5.32 Å². The largest absolute Gasteiger partial charge is 0.396 e.